The minimum Gasteiger partial charge on any atom is -0.394 e. The first-order valence-corrected chi connectivity index (χ1v) is 6.74. The van der Waals surface area contributed by atoms with Crippen molar-refractivity contribution in [3.05, 3.63) is 0 Å². The molecular formula is C13H28N2O. The highest BCUT2D eigenvalue weighted by atomic mass is 16.3. The molecule has 1 rings (SSSR count). The van der Waals surface area contributed by atoms with Crippen LogP contribution < -0.4 is 5.32 Å². The molecule has 0 amide bonds. The van der Waals surface area contributed by atoms with Crippen molar-refractivity contribution >= 4 is 0 Å². The first-order valence-electron chi connectivity index (χ1n) is 6.74. The van der Waals surface area contributed by atoms with Gasteiger partial charge < -0.3 is 15.3 Å². The number of aliphatic hydroxyl groups is 1. The zero-order valence-electron chi connectivity index (χ0n) is 11.1. The zero-order valence-corrected chi connectivity index (χ0v) is 11.1. The molecule has 3 heteroatoms. The predicted octanol–water partition coefficient (Wildman–Crippen LogP) is 1.61. The van der Waals surface area contributed by atoms with E-state index in [0.29, 0.717) is 6.04 Å². The van der Waals surface area contributed by atoms with E-state index >= 15 is 0 Å². The summed E-state index contributed by atoms with van der Waals surface area (Å²) in [4.78, 5) is 2.46. The second-order valence-electron chi connectivity index (χ2n) is 5.41. The van der Waals surface area contributed by atoms with Gasteiger partial charge in [-0.15, -0.1) is 0 Å². The van der Waals surface area contributed by atoms with E-state index < -0.39 is 0 Å². The van der Waals surface area contributed by atoms with Gasteiger partial charge in [-0.3, -0.25) is 0 Å². The lowest BCUT2D eigenvalue weighted by Gasteiger charge is -2.35. The van der Waals surface area contributed by atoms with Crippen molar-refractivity contribution < 1.29 is 5.11 Å². The van der Waals surface area contributed by atoms with Crippen molar-refractivity contribution in [3.8, 4) is 0 Å². The third-order valence-electron chi connectivity index (χ3n) is 3.13. The van der Waals surface area contributed by atoms with Gasteiger partial charge in [0, 0.05) is 12.6 Å². The zero-order chi connectivity index (χ0) is 12.0. The van der Waals surface area contributed by atoms with Crippen LogP contribution in [0.4, 0.5) is 0 Å². The molecule has 0 aromatic rings. The lowest BCUT2D eigenvalue weighted by atomic mass is 10.0. The van der Waals surface area contributed by atoms with Gasteiger partial charge in [0.15, 0.2) is 0 Å². The highest BCUT2D eigenvalue weighted by Crippen LogP contribution is 2.23. The maximum absolute atomic E-state index is 9.56. The van der Waals surface area contributed by atoms with Crippen molar-refractivity contribution in [2.45, 2.75) is 58.0 Å². The monoisotopic (exact) mass is 228 g/mol. The van der Waals surface area contributed by atoms with Gasteiger partial charge in [0.05, 0.1) is 12.1 Å². The van der Waals surface area contributed by atoms with Crippen LogP contribution in [0.25, 0.3) is 0 Å². The average Bonchev–Trinajstić information content (AvgIpc) is 3.02. The van der Waals surface area contributed by atoms with Gasteiger partial charge in [-0.25, -0.2) is 0 Å². The summed E-state index contributed by atoms with van der Waals surface area (Å²) >= 11 is 0. The predicted molar refractivity (Wildman–Crippen MR) is 68.7 cm³/mol. The molecule has 96 valence electrons. The van der Waals surface area contributed by atoms with Gasteiger partial charge in [-0.1, -0.05) is 13.8 Å². The van der Waals surface area contributed by atoms with E-state index in [1.807, 2.05) is 0 Å². The first-order chi connectivity index (χ1) is 7.63. The molecule has 0 radical (unpaired) electrons. The van der Waals surface area contributed by atoms with Crippen molar-refractivity contribution in [1.82, 2.24) is 10.2 Å². The molecule has 0 aromatic carbocycles. The Balaban J connectivity index is 2.42. The quantitative estimate of drug-likeness (QED) is 0.629. The summed E-state index contributed by atoms with van der Waals surface area (Å²) in [5, 5.41) is 13.1. The van der Waals surface area contributed by atoms with Crippen LogP contribution in [0.5, 0.6) is 0 Å². The topological polar surface area (TPSA) is 35.5 Å². The second-order valence-corrected chi connectivity index (χ2v) is 5.41. The molecular weight excluding hydrogens is 200 g/mol. The summed E-state index contributed by atoms with van der Waals surface area (Å²) < 4.78 is 0. The number of hydrogen-bond acceptors (Lipinski definition) is 3. The molecule has 0 aliphatic heterocycles. The molecule has 1 aliphatic rings. The van der Waals surface area contributed by atoms with Gasteiger partial charge in [0.1, 0.15) is 0 Å². The van der Waals surface area contributed by atoms with Gasteiger partial charge in [0.25, 0.3) is 0 Å². The van der Waals surface area contributed by atoms with E-state index in [0.717, 1.165) is 19.6 Å². The van der Waals surface area contributed by atoms with E-state index in [1.54, 1.807) is 0 Å². The van der Waals surface area contributed by atoms with E-state index in [-0.39, 0.29) is 12.1 Å². The van der Waals surface area contributed by atoms with E-state index in [2.05, 4.69) is 31.0 Å². The van der Waals surface area contributed by atoms with Crippen LogP contribution in [0.2, 0.25) is 0 Å². The van der Waals surface area contributed by atoms with Crippen LogP contribution >= 0.6 is 0 Å². The van der Waals surface area contributed by atoms with Crippen LogP contribution in [-0.4, -0.2) is 47.8 Å². The standard InChI is InChI=1S/C13H28N2O/c1-4-8-15(9-5-2)10-13(3,11-16)14-12-6-7-12/h12,14,16H,4-11H2,1-3H3. The summed E-state index contributed by atoms with van der Waals surface area (Å²) in [6, 6.07) is 0.655. The minimum absolute atomic E-state index is 0.120. The fourth-order valence-electron chi connectivity index (χ4n) is 2.26. The molecule has 1 aliphatic carbocycles. The molecule has 1 saturated carbocycles. The normalized spacial score (nSPS) is 20.1. The van der Waals surface area contributed by atoms with Crippen LogP contribution in [0.3, 0.4) is 0 Å². The summed E-state index contributed by atoms with van der Waals surface area (Å²) in [6.07, 6.45) is 4.92. The number of rotatable bonds is 9. The Morgan fingerprint density at radius 2 is 1.81 bits per heavy atom. The van der Waals surface area contributed by atoms with E-state index in [9.17, 15) is 5.11 Å². The molecule has 1 fully saturated rings. The highest BCUT2D eigenvalue weighted by molar-refractivity contribution is 4.94. The van der Waals surface area contributed by atoms with Crippen LogP contribution in [-0.2, 0) is 0 Å². The van der Waals surface area contributed by atoms with Gasteiger partial charge in [-0.2, -0.15) is 0 Å². The number of nitrogens with zero attached hydrogens (tertiary/aromatic N) is 1. The number of aliphatic hydroxyl groups excluding tert-OH is 1. The molecule has 0 aromatic heterocycles. The molecule has 1 atom stereocenters. The third kappa shape index (κ3) is 4.81. The molecule has 1 unspecified atom stereocenters. The molecule has 2 N–H and O–H groups in total. The molecule has 0 saturated heterocycles. The van der Waals surface area contributed by atoms with Crippen LogP contribution in [0.1, 0.15) is 46.5 Å². The Labute approximate surface area is 100 Å². The maximum atomic E-state index is 9.56. The van der Waals surface area contributed by atoms with Crippen molar-refractivity contribution in [2.75, 3.05) is 26.2 Å². The lowest BCUT2D eigenvalue weighted by Crippen LogP contribution is -2.55. The molecule has 0 spiro atoms. The van der Waals surface area contributed by atoms with Gasteiger partial charge >= 0.3 is 0 Å². The van der Waals surface area contributed by atoms with E-state index in [4.69, 9.17) is 0 Å². The molecule has 0 heterocycles. The Bertz CT molecular complexity index is 188. The highest BCUT2D eigenvalue weighted by Gasteiger charge is 2.33. The minimum atomic E-state index is -0.120. The Morgan fingerprint density at radius 3 is 2.19 bits per heavy atom. The maximum Gasteiger partial charge on any atom is 0.0623 e. The SMILES string of the molecule is CCCN(CCC)CC(C)(CO)NC1CC1. The molecule has 16 heavy (non-hydrogen) atoms. The van der Waals surface area contributed by atoms with Crippen molar-refractivity contribution in [2.24, 2.45) is 0 Å². The molecule has 3 nitrogen and oxygen atoms in total. The average molecular weight is 228 g/mol. The summed E-state index contributed by atoms with van der Waals surface area (Å²) in [5.74, 6) is 0. The van der Waals surface area contributed by atoms with Crippen molar-refractivity contribution in [3.63, 3.8) is 0 Å². The van der Waals surface area contributed by atoms with Crippen LogP contribution in [0.15, 0.2) is 0 Å². The fourth-order valence-corrected chi connectivity index (χ4v) is 2.26. The Hall–Kier alpha value is -0.120. The van der Waals surface area contributed by atoms with E-state index in [1.165, 1.54) is 25.7 Å². The number of nitrogens with one attached hydrogen (secondary N) is 1. The van der Waals surface area contributed by atoms with Gasteiger partial charge in [0.2, 0.25) is 0 Å². The molecule has 0 bridgehead atoms. The van der Waals surface area contributed by atoms with Crippen LogP contribution in [0, 0.1) is 0 Å². The lowest BCUT2D eigenvalue weighted by molar-refractivity contribution is 0.118. The Morgan fingerprint density at radius 1 is 1.25 bits per heavy atom. The smallest absolute Gasteiger partial charge is 0.0623 e. The summed E-state index contributed by atoms with van der Waals surface area (Å²) in [6.45, 7) is 10.0. The summed E-state index contributed by atoms with van der Waals surface area (Å²) in [7, 11) is 0. The third-order valence-corrected chi connectivity index (χ3v) is 3.13. The van der Waals surface area contributed by atoms with Gasteiger partial charge in [-0.05, 0) is 45.7 Å². The fraction of sp³-hybridized carbons (Fsp3) is 1.00. The number of hydrogen-bond donors (Lipinski definition) is 2. The summed E-state index contributed by atoms with van der Waals surface area (Å²) in [5.41, 5.74) is -0.120. The Kier molecular flexibility index (Phi) is 5.73. The second kappa shape index (κ2) is 6.58. The van der Waals surface area contributed by atoms with Crippen molar-refractivity contribution in [1.29, 1.82) is 0 Å². The largest absolute Gasteiger partial charge is 0.394 e. The first kappa shape index (κ1) is 13.9.